The third-order valence-electron chi connectivity index (χ3n) is 4.56. The second kappa shape index (κ2) is 7.21. The smallest absolute Gasteiger partial charge is 0.0506 e. The molecule has 1 heterocycles. The van der Waals surface area contributed by atoms with Gasteiger partial charge >= 0.3 is 0 Å². The molecule has 0 aromatic heterocycles. The van der Waals surface area contributed by atoms with Crippen LogP contribution in [0.25, 0.3) is 0 Å². The number of ether oxygens (including phenoxy) is 1. The minimum Gasteiger partial charge on any atom is -0.381 e. The number of likely N-dealkylation sites (N-methyl/N-ethyl adjacent to an activating group) is 1. The van der Waals surface area contributed by atoms with Crippen molar-refractivity contribution in [1.29, 1.82) is 0 Å². The van der Waals surface area contributed by atoms with Crippen LogP contribution in [0.15, 0.2) is 18.2 Å². The van der Waals surface area contributed by atoms with Crippen LogP contribution >= 0.6 is 0 Å². The van der Waals surface area contributed by atoms with E-state index in [0.717, 1.165) is 19.8 Å². The van der Waals surface area contributed by atoms with Crippen LogP contribution in [-0.4, -0.2) is 38.3 Å². The van der Waals surface area contributed by atoms with Crippen molar-refractivity contribution in [1.82, 2.24) is 4.90 Å². The van der Waals surface area contributed by atoms with Gasteiger partial charge in [0.1, 0.15) is 0 Å². The second-order valence-corrected chi connectivity index (χ2v) is 6.06. The SMILES string of the molecule is Cc1cccc(C(CN)N(C)CC2CCCOC2)c1C. The van der Waals surface area contributed by atoms with Crippen molar-refractivity contribution in [3.05, 3.63) is 34.9 Å². The first kappa shape index (κ1) is 15.5. The van der Waals surface area contributed by atoms with Crippen LogP contribution in [0.2, 0.25) is 0 Å². The zero-order valence-electron chi connectivity index (χ0n) is 13.1. The van der Waals surface area contributed by atoms with E-state index in [1.165, 1.54) is 29.5 Å². The third kappa shape index (κ3) is 3.60. The summed E-state index contributed by atoms with van der Waals surface area (Å²) in [5, 5.41) is 0. The van der Waals surface area contributed by atoms with Crippen LogP contribution in [0, 0.1) is 19.8 Å². The molecule has 1 aliphatic rings. The normalized spacial score (nSPS) is 21.1. The molecule has 0 aliphatic carbocycles. The van der Waals surface area contributed by atoms with Crippen LogP contribution in [0.4, 0.5) is 0 Å². The number of hydrogen-bond acceptors (Lipinski definition) is 3. The highest BCUT2D eigenvalue weighted by molar-refractivity contribution is 5.35. The Morgan fingerprint density at radius 3 is 2.85 bits per heavy atom. The molecule has 2 N–H and O–H groups in total. The fourth-order valence-electron chi connectivity index (χ4n) is 3.17. The lowest BCUT2D eigenvalue weighted by atomic mass is 9.95. The molecule has 1 aromatic rings. The summed E-state index contributed by atoms with van der Waals surface area (Å²) in [7, 11) is 2.19. The predicted octanol–water partition coefficient (Wildman–Crippen LogP) is 2.66. The fraction of sp³-hybridized carbons (Fsp3) is 0.647. The molecule has 2 atom stereocenters. The quantitative estimate of drug-likeness (QED) is 0.898. The number of hydrogen-bond donors (Lipinski definition) is 1. The summed E-state index contributed by atoms with van der Waals surface area (Å²) in [5.41, 5.74) is 10.1. The van der Waals surface area contributed by atoms with Crippen molar-refractivity contribution in [2.24, 2.45) is 11.7 Å². The van der Waals surface area contributed by atoms with E-state index in [4.69, 9.17) is 10.5 Å². The average molecular weight is 276 g/mol. The summed E-state index contributed by atoms with van der Waals surface area (Å²) in [6.45, 7) is 7.92. The first-order valence-corrected chi connectivity index (χ1v) is 7.67. The van der Waals surface area contributed by atoms with E-state index >= 15 is 0 Å². The van der Waals surface area contributed by atoms with E-state index in [0.29, 0.717) is 18.5 Å². The monoisotopic (exact) mass is 276 g/mol. The molecule has 1 aliphatic heterocycles. The Bertz CT molecular complexity index is 427. The van der Waals surface area contributed by atoms with Crippen LogP contribution in [-0.2, 0) is 4.74 Å². The lowest BCUT2D eigenvalue weighted by Crippen LogP contribution is -2.37. The molecule has 0 radical (unpaired) electrons. The minimum atomic E-state index is 0.303. The molecular weight excluding hydrogens is 248 g/mol. The van der Waals surface area contributed by atoms with Crippen LogP contribution in [0.1, 0.15) is 35.6 Å². The predicted molar refractivity (Wildman–Crippen MR) is 83.9 cm³/mol. The lowest BCUT2D eigenvalue weighted by molar-refractivity contribution is 0.0365. The van der Waals surface area contributed by atoms with Gasteiger partial charge in [-0.25, -0.2) is 0 Å². The number of nitrogens with two attached hydrogens (primary N) is 1. The Hall–Kier alpha value is -0.900. The van der Waals surface area contributed by atoms with Gasteiger partial charge in [0.2, 0.25) is 0 Å². The van der Waals surface area contributed by atoms with Gasteiger partial charge in [-0.1, -0.05) is 18.2 Å². The van der Waals surface area contributed by atoms with Gasteiger partial charge in [-0.2, -0.15) is 0 Å². The van der Waals surface area contributed by atoms with Crippen LogP contribution < -0.4 is 5.73 Å². The van der Waals surface area contributed by atoms with Gasteiger partial charge in [0.25, 0.3) is 0 Å². The molecule has 0 amide bonds. The molecule has 3 heteroatoms. The average Bonchev–Trinajstić information content (AvgIpc) is 2.45. The maximum Gasteiger partial charge on any atom is 0.0506 e. The Kier molecular flexibility index (Phi) is 5.58. The highest BCUT2D eigenvalue weighted by atomic mass is 16.5. The Morgan fingerprint density at radius 2 is 2.20 bits per heavy atom. The second-order valence-electron chi connectivity index (χ2n) is 6.06. The van der Waals surface area contributed by atoms with Crippen LogP contribution in [0.5, 0.6) is 0 Å². The molecule has 0 saturated carbocycles. The van der Waals surface area contributed by atoms with Crippen molar-refractivity contribution in [2.45, 2.75) is 32.7 Å². The van der Waals surface area contributed by atoms with Gasteiger partial charge in [0.05, 0.1) is 6.61 Å². The van der Waals surface area contributed by atoms with E-state index in [2.05, 4.69) is 44.0 Å². The molecule has 20 heavy (non-hydrogen) atoms. The largest absolute Gasteiger partial charge is 0.381 e. The van der Waals surface area contributed by atoms with Crippen molar-refractivity contribution in [3.8, 4) is 0 Å². The van der Waals surface area contributed by atoms with Crippen molar-refractivity contribution in [2.75, 3.05) is 33.4 Å². The van der Waals surface area contributed by atoms with Gasteiger partial charge in [0.15, 0.2) is 0 Å². The third-order valence-corrected chi connectivity index (χ3v) is 4.56. The number of nitrogens with zero attached hydrogens (tertiary/aromatic N) is 1. The summed E-state index contributed by atoms with van der Waals surface area (Å²) in [6, 6.07) is 6.82. The summed E-state index contributed by atoms with van der Waals surface area (Å²) >= 11 is 0. The van der Waals surface area contributed by atoms with E-state index in [1.807, 2.05) is 0 Å². The molecule has 0 spiro atoms. The van der Waals surface area contributed by atoms with E-state index in [9.17, 15) is 0 Å². The summed E-state index contributed by atoms with van der Waals surface area (Å²) in [4.78, 5) is 2.40. The van der Waals surface area contributed by atoms with E-state index < -0.39 is 0 Å². The Labute approximate surface area is 123 Å². The number of rotatable bonds is 5. The van der Waals surface area contributed by atoms with Gasteiger partial charge in [0, 0.05) is 25.7 Å². The summed E-state index contributed by atoms with van der Waals surface area (Å²) in [6.07, 6.45) is 2.46. The van der Waals surface area contributed by atoms with Gasteiger partial charge in [-0.3, -0.25) is 4.90 Å². The minimum absolute atomic E-state index is 0.303. The molecule has 3 nitrogen and oxygen atoms in total. The van der Waals surface area contributed by atoms with Crippen molar-refractivity contribution in [3.63, 3.8) is 0 Å². The Morgan fingerprint density at radius 1 is 1.40 bits per heavy atom. The highest BCUT2D eigenvalue weighted by Crippen LogP contribution is 2.26. The van der Waals surface area contributed by atoms with Crippen molar-refractivity contribution >= 4 is 0 Å². The summed E-state index contributed by atoms with van der Waals surface area (Å²) < 4.78 is 5.59. The lowest BCUT2D eigenvalue weighted by Gasteiger charge is -2.33. The first-order chi connectivity index (χ1) is 9.63. The standard InChI is InChI=1S/C17H28N2O/c1-13-6-4-8-16(14(13)2)17(10-18)19(3)11-15-7-5-9-20-12-15/h4,6,8,15,17H,5,7,9-12,18H2,1-3H3. The number of aryl methyl sites for hydroxylation is 1. The van der Waals surface area contributed by atoms with Crippen LogP contribution in [0.3, 0.4) is 0 Å². The molecule has 0 bridgehead atoms. The molecule has 1 saturated heterocycles. The van der Waals surface area contributed by atoms with Gasteiger partial charge in [-0.05, 0) is 56.3 Å². The molecule has 2 rings (SSSR count). The zero-order valence-corrected chi connectivity index (χ0v) is 13.1. The van der Waals surface area contributed by atoms with Crippen molar-refractivity contribution < 1.29 is 4.74 Å². The fourth-order valence-corrected chi connectivity index (χ4v) is 3.17. The highest BCUT2D eigenvalue weighted by Gasteiger charge is 2.22. The van der Waals surface area contributed by atoms with Gasteiger partial charge < -0.3 is 10.5 Å². The zero-order chi connectivity index (χ0) is 14.5. The Balaban J connectivity index is 2.08. The number of benzene rings is 1. The molecule has 112 valence electrons. The molecule has 2 unspecified atom stereocenters. The van der Waals surface area contributed by atoms with Gasteiger partial charge in [-0.15, -0.1) is 0 Å². The molecule has 1 fully saturated rings. The first-order valence-electron chi connectivity index (χ1n) is 7.67. The van der Waals surface area contributed by atoms with E-state index in [1.54, 1.807) is 0 Å². The molecule has 1 aromatic carbocycles. The maximum absolute atomic E-state index is 6.06. The maximum atomic E-state index is 6.06. The summed E-state index contributed by atoms with van der Waals surface area (Å²) in [5.74, 6) is 0.646. The van der Waals surface area contributed by atoms with E-state index in [-0.39, 0.29) is 0 Å². The molecular formula is C17H28N2O. The topological polar surface area (TPSA) is 38.5 Å².